The monoisotopic (exact) mass is 350 g/mol. The number of benzene rings is 1. The van der Waals surface area contributed by atoms with Gasteiger partial charge in [0.1, 0.15) is 0 Å². The van der Waals surface area contributed by atoms with Gasteiger partial charge in [-0.25, -0.2) is 4.68 Å². The fourth-order valence-electron chi connectivity index (χ4n) is 2.80. The molecule has 21 heavy (non-hydrogen) atoms. The molecule has 1 aromatic carbocycles. The third-order valence-corrected chi connectivity index (χ3v) is 4.62. The quantitative estimate of drug-likeness (QED) is 0.629. The number of aromatic nitrogens is 2. The van der Waals surface area contributed by atoms with Crippen LogP contribution in [0.4, 0.5) is 0 Å². The minimum Gasteiger partial charge on any atom is -0.469 e. The van der Waals surface area contributed by atoms with Crippen LogP contribution in [0.2, 0.25) is 0 Å². The molecule has 0 radical (unpaired) electrons. The summed E-state index contributed by atoms with van der Waals surface area (Å²) >= 11 is 3.41. The number of nitrogens with zero attached hydrogens (tertiary/aromatic N) is 2. The van der Waals surface area contributed by atoms with Crippen molar-refractivity contribution in [1.82, 2.24) is 9.78 Å². The molecule has 2 unspecified atom stereocenters. The van der Waals surface area contributed by atoms with Gasteiger partial charge in [-0.05, 0) is 18.9 Å². The summed E-state index contributed by atoms with van der Waals surface area (Å²) in [6, 6.07) is 7.22. The number of esters is 1. The summed E-state index contributed by atoms with van der Waals surface area (Å²) in [5.74, 6) is -0.543. The van der Waals surface area contributed by atoms with E-state index in [1.54, 1.807) is 6.07 Å². The summed E-state index contributed by atoms with van der Waals surface area (Å²) in [4.78, 5) is 24.4. The molecular weight excluding hydrogens is 336 g/mol. The van der Waals surface area contributed by atoms with Gasteiger partial charge in [-0.15, -0.1) is 0 Å². The minimum atomic E-state index is -0.274. The molecule has 0 saturated heterocycles. The maximum absolute atomic E-state index is 12.6. The van der Waals surface area contributed by atoms with Crippen LogP contribution in [0.3, 0.4) is 0 Å². The lowest BCUT2D eigenvalue weighted by Crippen LogP contribution is -2.42. The molecule has 1 heterocycles. The van der Waals surface area contributed by atoms with E-state index in [0.29, 0.717) is 10.7 Å². The van der Waals surface area contributed by atoms with E-state index >= 15 is 0 Å². The number of ether oxygens (including phenoxy) is 1. The normalized spacial score (nSPS) is 21.0. The molecule has 1 aliphatic rings. The van der Waals surface area contributed by atoms with Gasteiger partial charge in [0.2, 0.25) is 0 Å². The Morgan fingerprint density at radius 3 is 2.67 bits per heavy atom. The largest absolute Gasteiger partial charge is 0.469 e. The lowest BCUT2D eigenvalue weighted by atomic mass is 9.79. The summed E-state index contributed by atoms with van der Waals surface area (Å²) in [5.41, 5.74) is 0.662. The van der Waals surface area contributed by atoms with Crippen LogP contribution in [0.1, 0.15) is 24.6 Å². The van der Waals surface area contributed by atoms with Crippen LogP contribution in [0.5, 0.6) is 0 Å². The molecule has 0 spiro atoms. The topological polar surface area (TPSA) is 61.2 Å². The smallest absolute Gasteiger partial charge is 0.310 e. The molecule has 6 heteroatoms. The van der Waals surface area contributed by atoms with Crippen molar-refractivity contribution in [3.63, 3.8) is 0 Å². The summed E-state index contributed by atoms with van der Waals surface area (Å²) in [5, 5.41) is 6.50. The van der Waals surface area contributed by atoms with Crippen molar-refractivity contribution in [1.29, 1.82) is 0 Å². The fraction of sp³-hybridized carbons (Fsp3) is 0.400. The highest BCUT2D eigenvalue weighted by atomic mass is 79.9. The molecule has 2 atom stereocenters. The van der Waals surface area contributed by atoms with Gasteiger partial charge >= 0.3 is 5.97 Å². The Morgan fingerprint density at radius 2 is 2.10 bits per heavy atom. The Bertz CT molecular complexity index is 756. The number of carbonyl (C=O) groups is 1. The van der Waals surface area contributed by atoms with Crippen molar-refractivity contribution in [2.45, 2.75) is 24.2 Å². The van der Waals surface area contributed by atoms with Crippen LogP contribution in [0.15, 0.2) is 29.1 Å². The van der Waals surface area contributed by atoms with Gasteiger partial charge in [0, 0.05) is 10.7 Å². The summed E-state index contributed by atoms with van der Waals surface area (Å²) in [7, 11) is 1.37. The zero-order valence-electron chi connectivity index (χ0n) is 11.6. The van der Waals surface area contributed by atoms with Gasteiger partial charge < -0.3 is 4.74 Å². The number of methoxy groups -OCH3 is 1. The molecule has 1 saturated carbocycles. The van der Waals surface area contributed by atoms with Crippen LogP contribution in [0, 0.1) is 5.92 Å². The number of fused-ring (bicyclic) bond motifs is 1. The second kappa shape index (κ2) is 5.60. The third-order valence-electron chi connectivity index (χ3n) is 4.09. The number of hydrogen-bond donors (Lipinski definition) is 0. The molecule has 1 aliphatic carbocycles. The molecule has 1 aromatic heterocycles. The van der Waals surface area contributed by atoms with Crippen molar-refractivity contribution >= 4 is 32.7 Å². The molecule has 1 fully saturated rings. The Labute approximate surface area is 130 Å². The van der Waals surface area contributed by atoms with E-state index in [4.69, 9.17) is 4.74 Å². The number of halogens is 1. The van der Waals surface area contributed by atoms with E-state index in [0.717, 1.165) is 23.9 Å². The molecule has 2 aromatic rings. The number of carbonyl (C=O) groups excluding carboxylic acids is 1. The molecule has 0 N–H and O–H groups in total. The van der Waals surface area contributed by atoms with Gasteiger partial charge in [0.15, 0.2) is 0 Å². The van der Waals surface area contributed by atoms with Crippen molar-refractivity contribution in [2.24, 2.45) is 5.92 Å². The number of rotatable bonds is 3. The average molecular weight is 351 g/mol. The highest BCUT2D eigenvalue weighted by Gasteiger charge is 2.40. The summed E-state index contributed by atoms with van der Waals surface area (Å²) < 4.78 is 6.26. The van der Waals surface area contributed by atoms with Crippen LogP contribution in [0.25, 0.3) is 10.8 Å². The second-order valence-corrected chi connectivity index (χ2v) is 5.71. The van der Waals surface area contributed by atoms with Gasteiger partial charge in [-0.1, -0.05) is 34.1 Å². The molecule has 110 valence electrons. The van der Waals surface area contributed by atoms with Gasteiger partial charge in [0.25, 0.3) is 5.56 Å². The standard InChI is InChI=1S/C15H15BrN2O3/c1-21-15(20)11-6-7-13(11)18-14(19)10-5-3-2-4-9(10)12(8-16)17-18/h2-5,11,13H,6-8H2,1H3. The second-order valence-electron chi connectivity index (χ2n) is 5.15. The van der Waals surface area contributed by atoms with Gasteiger partial charge in [-0.2, -0.15) is 5.10 Å². The Hall–Kier alpha value is -1.69. The van der Waals surface area contributed by atoms with Crippen molar-refractivity contribution < 1.29 is 9.53 Å². The Morgan fingerprint density at radius 1 is 1.38 bits per heavy atom. The lowest BCUT2D eigenvalue weighted by molar-refractivity contribution is -0.151. The molecule has 0 amide bonds. The van der Waals surface area contributed by atoms with E-state index in [1.165, 1.54) is 11.8 Å². The first-order valence-corrected chi connectivity index (χ1v) is 7.93. The molecule has 3 rings (SSSR count). The van der Waals surface area contributed by atoms with E-state index in [1.807, 2.05) is 18.2 Å². The highest BCUT2D eigenvalue weighted by Crippen LogP contribution is 2.38. The van der Waals surface area contributed by atoms with Gasteiger partial charge in [0.05, 0.1) is 30.1 Å². The van der Waals surface area contributed by atoms with E-state index in [9.17, 15) is 9.59 Å². The summed E-state index contributed by atoms with van der Waals surface area (Å²) in [6.45, 7) is 0. The SMILES string of the molecule is COC(=O)C1CCC1n1nc(CBr)c2ccccc2c1=O. The Balaban J connectivity index is 2.13. The van der Waals surface area contributed by atoms with E-state index in [-0.39, 0.29) is 23.5 Å². The van der Waals surface area contributed by atoms with Crippen LogP contribution >= 0.6 is 15.9 Å². The molecule has 5 nitrogen and oxygen atoms in total. The third kappa shape index (κ3) is 2.27. The molecule has 0 aliphatic heterocycles. The van der Waals surface area contributed by atoms with E-state index in [2.05, 4.69) is 21.0 Å². The van der Waals surface area contributed by atoms with Crippen molar-refractivity contribution in [3.8, 4) is 0 Å². The maximum atomic E-state index is 12.6. The number of hydrogen-bond acceptors (Lipinski definition) is 4. The summed E-state index contributed by atoms with van der Waals surface area (Å²) in [6.07, 6.45) is 1.51. The first kappa shape index (κ1) is 14.3. The predicted octanol–water partition coefficient (Wildman–Crippen LogP) is 2.42. The first-order chi connectivity index (χ1) is 10.2. The van der Waals surface area contributed by atoms with Gasteiger partial charge in [-0.3, -0.25) is 9.59 Å². The molecule has 0 bridgehead atoms. The first-order valence-electron chi connectivity index (χ1n) is 6.81. The zero-order valence-corrected chi connectivity index (χ0v) is 13.2. The molecular formula is C15H15BrN2O3. The van der Waals surface area contributed by atoms with Crippen molar-refractivity contribution in [2.75, 3.05) is 7.11 Å². The minimum absolute atomic E-state index is 0.145. The van der Waals surface area contributed by atoms with Crippen LogP contribution < -0.4 is 5.56 Å². The fourth-order valence-corrected chi connectivity index (χ4v) is 3.21. The average Bonchev–Trinajstić information content (AvgIpc) is 2.48. The van der Waals surface area contributed by atoms with Crippen molar-refractivity contribution in [3.05, 3.63) is 40.3 Å². The zero-order chi connectivity index (χ0) is 15.0. The van der Waals surface area contributed by atoms with E-state index < -0.39 is 0 Å². The number of alkyl halides is 1. The highest BCUT2D eigenvalue weighted by molar-refractivity contribution is 9.08. The maximum Gasteiger partial charge on any atom is 0.310 e. The van der Waals surface area contributed by atoms with Crippen LogP contribution in [-0.4, -0.2) is 22.9 Å². The predicted molar refractivity (Wildman–Crippen MR) is 82.4 cm³/mol. The van der Waals surface area contributed by atoms with Crippen LogP contribution in [-0.2, 0) is 14.9 Å². The Kier molecular flexibility index (Phi) is 3.80. The lowest BCUT2D eigenvalue weighted by Gasteiger charge is -2.34.